The molecule has 222 valence electrons. The van der Waals surface area contributed by atoms with Crippen LogP contribution in [0.4, 0.5) is 10.5 Å². The van der Waals surface area contributed by atoms with Gasteiger partial charge in [-0.1, -0.05) is 76.2 Å². The number of hydrogen-bond donors (Lipinski definition) is 1. The van der Waals surface area contributed by atoms with E-state index >= 15 is 0 Å². The van der Waals surface area contributed by atoms with Gasteiger partial charge in [0.05, 0.1) is 24.1 Å². The topological polar surface area (TPSA) is 119 Å². The van der Waals surface area contributed by atoms with E-state index in [0.717, 1.165) is 35.1 Å². The summed E-state index contributed by atoms with van der Waals surface area (Å²) in [5.74, 6) is 1.49. The van der Waals surface area contributed by atoms with Crippen LogP contribution in [0.25, 0.3) is 33.4 Å². The van der Waals surface area contributed by atoms with E-state index in [2.05, 4.69) is 27.5 Å². The van der Waals surface area contributed by atoms with Crippen LogP contribution in [-0.2, 0) is 17.7 Å². The van der Waals surface area contributed by atoms with E-state index in [1.165, 1.54) is 0 Å². The van der Waals surface area contributed by atoms with Gasteiger partial charge in [0.25, 0.3) is 5.56 Å². The second-order valence-corrected chi connectivity index (χ2v) is 11.0. The van der Waals surface area contributed by atoms with Crippen LogP contribution >= 0.6 is 0 Å². The quantitative estimate of drug-likeness (QED) is 0.196. The second-order valence-electron chi connectivity index (χ2n) is 11.0. The molecule has 2 aromatic heterocycles. The number of rotatable bonds is 11. The van der Waals surface area contributed by atoms with Crippen molar-refractivity contribution >= 4 is 22.7 Å². The van der Waals surface area contributed by atoms with Crippen molar-refractivity contribution in [3.63, 3.8) is 0 Å². The molecule has 5 aromatic rings. The van der Waals surface area contributed by atoms with E-state index in [1.807, 2.05) is 75.4 Å². The van der Waals surface area contributed by atoms with E-state index in [1.54, 1.807) is 21.6 Å². The fourth-order valence-electron chi connectivity index (χ4n) is 5.04. The van der Waals surface area contributed by atoms with Crippen LogP contribution in [-0.4, -0.2) is 49.4 Å². The molecule has 0 saturated heterocycles. The van der Waals surface area contributed by atoms with Crippen molar-refractivity contribution in [2.45, 2.75) is 53.5 Å². The summed E-state index contributed by atoms with van der Waals surface area (Å²) in [6, 6.07) is 21.5. The SMILES string of the molecule is CCCc1nc2cc(N(CCC)C(=O)OCC(C)C)ccc2c(=O)n1Cc1ccc(-c2ccccc2-c2nn[nH]n2)cc1. The molecule has 0 aliphatic carbocycles. The molecule has 0 radical (unpaired) electrons. The summed E-state index contributed by atoms with van der Waals surface area (Å²) >= 11 is 0. The maximum absolute atomic E-state index is 13.8. The van der Waals surface area contributed by atoms with Gasteiger partial charge in [0.2, 0.25) is 5.82 Å². The highest BCUT2D eigenvalue weighted by Crippen LogP contribution is 2.30. The van der Waals surface area contributed by atoms with Gasteiger partial charge in [-0.05, 0) is 58.9 Å². The molecule has 0 aliphatic heterocycles. The zero-order valence-corrected chi connectivity index (χ0v) is 25.1. The minimum Gasteiger partial charge on any atom is -0.449 e. The molecule has 0 unspecified atom stereocenters. The van der Waals surface area contributed by atoms with E-state index in [4.69, 9.17) is 9.72 Å². The van der Waals surface area contributed by atoms with Gasteiger partial charge in [-0.15, -0.1) is 10.2 Å². The van der Waals surface area contributed by atoms with Crippen LogP contribution in [0.3, 0.4) is 0 Å². The molecule has 0 fully saturated rings. The van der Waals surface area contributed by atoms with Crippen molar-refractivity contribution in [3.05, 3.63) is 88.5 Å². The molecule has 0 aliphatic rings. The van der Waals surface area contributed by atoms with Crippen LogP contribution in [0.1, 0.15) is 51.9 Å². The number of aromatic nitrogens is 6. The lowest BCUT2D eigenvalue weighted by Gasteiger charge is -2.23. The number of nitrogens with zero attached hydrogens (tertiary/aromatic N) is 6. The molecule has 3 aromatic carbocycles. The van der Waals surface area contributed by atoms with Gasteiger partial charge < -0.3 is 4.74 Å². The van der Waals surface area contributed by atoms with Crippen molar-refractivity contribution in [1.82, 2.24) is 30.2 Å². The summed E-state index contributed by atoms with van der Waals surface area (Å²) in [7, 11) is 0. The minimum absolute atomic E-state index is 0.101. The third kappa shape index (κ3) is 6.63. The fraction of sp³-hybridized carbons (Fsp3) is 0.333. The Kier molecular flexibility index (Phi) is 9.24. The Hall–Kier alpha value is -4.86. The molecule has 0 bridgehead atoms. The van der Waals surface area contributed by atoms with E-state index < -0.39 is 0 Å². The molecular weight excluding hydrogens is 542 g/mol. The molecule has 10 heteroatoms. The predicted octanol–water partition coefficient (Wildman–Crippen LogP) is 6.25. The number of ether oxygens (including phenoxy) is 1. The van der Waals surface area contributed by atoms with Gasteiger partial charge >= 0.3 is 6.09 Å². The molecule has 0 spiro atoms. The summed E-state index contributed by atoms with van der Waals surface area (Å²) in [6.45, 7) is 9.35. The molecule has 1 amide bonds. The smallest absolute Gasteiger partial charge is 0.414 e. The highest BCUT2D eigenvalue weighted by atomic mass is 16.6. The number of carbonyl (C=O) groups is 1. The molecule has 43 heavy (non-hydrogen) atoms. The summed E-state index contributed by atoms with van der Waals surface area (Å²) in [6.07, 6.45) is 1.88. The number of aromatic amines is 1. The van der Waals surface area contributed by atoms with E-state index in [9.17, 15) is 9.59 Å². The van der Waals surface area contributed by atoms with Crippen LogP contribution in [0.15, 0.2) is 71.5 Å². The van der Waals surface area contributed by atoms with Crippen molar-refractivity contribution in [2.24, 2.45) is 5.92 Å². The molecule has 2 heterocycles. The average molecular weight is 580 g/mol. The van der Waals surface area contributed by atoms with Gasteiger partial charge in [0.1, 0.15) is 5.82 Å². The summed E-state index contributed by atoms with van der Waals surface area (Å²) in [5, 5.41) is 15.0. The Morgan fingerprint density at radius 2 is 1.77 bits per heavy atom. The number of carbonyl (C=O) groups excluding carboxylic acids is 1. The number of H-pyrrole nitrogens is 1. The van der Waals surface area contributed by atoms with Gasteiger partial charge in [-0.3, -0.25) is 14.3 Å². The predicted molar refractivity (Wildman–Crippen MR) is 168 cm³/mol. The molecule has 10 nitrogen and oxygen atoms in total. The summed E-state index contributed by atoms with van der Waals surface area (Å²) in [4.78, 5) is 33.2. The standard InChI is InChI=1S/C33H37N7O3/c1-5-9-30-34-29-19-25(39(18-6-2)33(42)43-21-22(3)4)16-17-28(29)32(41)40(30)20-23-12-14-24(15-13-23)26-10-7-8-11-27(26)31-35-37-38-36-31/h7-8,10-17,19,22H,5-6,9,18,20-21H2,1-4H3,(H,35,36,37,38). The monoisotopic (exact) mass is 579 g/mol. The normalized spacial score (nSPS) is 11.3. The summed E-state index contributed by atoms with van der Waals surface area (Å²) < 4.78 is 7.27. The first kappa shape index (κ1) is 29.6. The number of nitrogens with one attached hydrogen (secondary N) is 1. The maximum atomic E-state index is 13.8. The van der Waals surface area contributed by atoms with Crippen LogP contribution in [0.5, 0.6) is 0 Å². The van der Waals surface area contributed by atoms with Crippen molar-refractivity contribution in [1.29, 1.82) is 0 Å². The number of amides is 1. The summed E-state index contributed by atoms with van der Waals surface area (Å²) in [5.41, 5.74) is 5.02. The Morgan fingerprint density at radius 3 is 2.44 bits per heavy atom. The largest absolute Gasteiger partial charge is 0.449 e. The Labute approximate surface area is 250 Å². The average Bonchev–Trinajstić information content (AvgIpc) is 3.56. The first-order valence-electron chi connectivity index (χ1n) is 14.8. The molecule has 0 atom stereocenters. The third-order valence-corrected chi connectivity index (χ3v) is 7.13. The lowest BCUT2D eigenvalue weighted by Crippen LogP contribution is -2.33. The van der Waals surface area contributed by atoms with Gasteiger partial charge in [0, 0.05) is 24.2 Å². The number of fused-ring (bicyclic) bond motifs is 1. The van der Waals surface area contributed by atoms with Crippen LogP contribution in [0.2, 0.25) is 0 Å². The van der Waals surface area contributed by atoms with E-state index in [-0.39, 0.29) is 17.6 Å². The number of tetrazole rings is 1. The number of benzene rings is 3. The Morgan fingerprint density at radius 1 is 1.00 bits per heavy atom. The molecule has 1 N–H and O–H groups in total. The maximum Gasteiger partial charge on any atom is 0.414 e. The van der Waals surface area contributed by atoms with Gasteiger partial charge in [-0.25, -0.2) is 9.78 Å². The first-order chi connectivity index (χ1) is 20.9. The lowest BCUT2D eigenvalue weighted by molar-refractivity contribution is 0.140. The van der Waals surface area contributed by atoms with Gasteiger partial charge in [-0.2, -0.15) is 5.21 Å². The number of hydrogen-bond acceptors (Lipinski definition) is 7. The molecule has 0 saturated carbocycles. The third-order valence-electron chi connectivity index (χ3n) is 7.13. The highest BCUT2D eigenvalue weighted by molar-refractivity contribution is 5.91. The highest BCUT2D eigenvalue weighted by Gasteiger charge is 2.19. The Balaban J connectivity index is 1.45. The van der Waals surface area contributed by atoms with Crippen LogP contribution in [0, 0.1) is 5.92 Å². The first-order valence-corrected chi connectivity index (χ1v) is 14.8. The zero-order chi connectivity index (χ0) is 30.3. The Bertz CT molecular complexity index is 1750. The van der Waals surface area contributed by atoms with Crippen molar-refractivity contribution in [2.75, 3.05) is 18.1 Å². The molecule has 5 rings (SSSR count). The van der Waals surface area contributed by atoms with E-state index in [0.29, 0.717) is 54.4 Å². The number of aryl methyl sites for hydroxylation is 1. The van der Waals surface area contributed by atoms with Crippen molar-refractivity contribution < 1.29 is 9.53 Å². The number of anilines is 1. The lowest BCUT2D eigenvalue weighted by atomic mass is 9.98. The van der Waals surface area contributed by atoms with Crippen LogP contribution < -0.4 is 10.5 Å². The fourth-order valence-corrected chi connectivity index (χ4v) is 5.04. The van der Waals surface area contributed by atoms with Gasteiger partial charge in [0.15, 0.2) is 0 Å². The zero-order valence-electron chi connectivity index (χ0n) is 25.1. The molecular formula is C33H37N7O3. The van der Waals surface area contributed by atoms with Crippen molar-refractivity contribution in [3.8, 4) is 22.5 Å². The minimum atomic E-state index is -0.389. The second kappa shape index (κ2) is 13.4.